The molecule has 0 unspecified atom stereocenters. The van der Waals surface area contributed by atoms with Crippen molar-refractivity contribution in [2.45, 2.75) is 32.2 Å². The zero-order chi connectivity index (χ0) is 38.2. The lowest BCUT2D eigenvalue weighted by Gasteiger charge is -2.34. The number of benzene rings is 3. The van der Waals surface area contributed by atoms with Crippen LogP contribution < -0.4 is 10.2 Å². The number of carbonyl (C=O) groups is 1. The van der Waals surface area contributed by atoms with E-state index in [2.05, 4.69) is 10.3 Å². The second-order valence-corrected chi connectivity index (χ2v) is 10.1. The van der Waals surface area contributed by atoms with Gasteiger partial charge in [-0.25, -0.2) is 8.78 Å². The minimum atomic E-state index is -3.07. The molecule has 3 aliphatic rings. The Balaban J connectivity index is 1.35. The van der Waals surface area contributed by atoms with Gasteiger partial charge < -0.3 is 19.9 Å². The van der Waals surface area contributed by atoms with Gasteiger partial charge in [-0.2, -0.15) is 0 Å². The monoisotopic (exact) mass is 569 g/mol. The molecule has 6 nitrogen and oxygen atoms in total. The second kappa shape index (κ2) is 12.1. The number of carbonyl (C=O) groups excluding carboxylic acids is 1. The predicted molar refractivity (Wildman–Crippen MR) is 157 cm³/mol. The van der Waals surface area contributed by atoms with Gasteiger partial charge in [0.05, 0.1) is 13.4 Å². The highest BCUT2D eigenvalue weighted by atomic mass is 19.1. The average Bonchev–Trinajstić information content (AvgIpc) is 3.48. The SMILES string of the molecule is [2H]c1c(F)cc(C([2H])([2H])c2ccc3c(c2)C(NC(=O)c2ccc(N4C([2H])([2H])C([2H])([2H])N(C)C([2H])([2H])C4([2H])[2H])cc2CC2CCOCC2)=NC3)cc1F. The van der Waals surface area contributed by atoms with Gasteiger partial charge in [0, 0.05) is 70.3 Å². The van der Waals surface area contributed by atoms with Gasteiger partial charge >= 0.3 is 0 Å². The maximum Gasteiger partial charge on any atom is 0.257 e. The van der Waals surface area contributed by atoms with Crippen molar-refractivity contribution in [2.24, 2.45) is 10.9 Å². The third-order valence-electron chi connectivity index (χ3n) is 7.20. The van der Waals surface area contributed by atoms with E-state index >= 15 is 0 Å². The number of ether oxygens (including phenoxy) is 1. The Morgan fingerprint density at radius 3 is 2.59 bits per heavy atom. The molecule has 3 aromatic rings. The van der Waals surface area contributed by atoms with Crippen LogP contribution in [0.3, 0.4) is 0 Å². The summed E-state index contributed by atoms with van der Waals surface area (Å²) in [5, 5.41) is 2.77. The number of hydrogen-bond donors (Lipinski definition) is 1. The summed E-state index contributed by atoms with van der Waals surface area (Å²) >= 11 is 0. The van der Waals surface area contributed by atoms with E-state index in [1.807, 2.05) is 0 Å². The molecule has 8 heteroatoms. The summed E-state index contributed by atoms with van der Waals surface area (Å²) in [6.45, 7) is -11.0. The summed E-state index contributed by atoms with van der Waals surface area (Å²) < 4.78 is 127. The first kappa shape index (κ1) is 17.4. The highest BCUT2D eigenvalue weighted by Gasteiger charge is 2.24. The number of amidine groups is 1. The smallest absolute Gasteiger partial charge is 0.257 e. The van der Waals surface area contributed by atoms with Crippen LogP contribution in [0.4, 0.5) is 14.5 Å². The van der Waals surface area contributed by atoms with E-state index in [0.29, 0.717) is 52.5 Å². The minimum absolute atomic E-state index is 0.0200. The molecule has 0 radical (unpaired) electrons. The Morgan fingerprint density at radius 2 is 1.83 bits per heavy atom. The molecule has 214 valence electrons. The van der Waals surface area contributed by atoms with Crippen LogP contribution in [0.15, 0.2) is 59.6 Å². The molecule has 0 atom stereocenters. The van der Waals surface area contributed by atoms with Crippen LogP contribution in [0.1, 0.15) is 66.1 Å². The van der Waals surface area contributed by atoms with Gasteiger partial charge in [-0.15, -0.1) is 0 Å². The van der Waals surface area contributed by atoms with E-state index < -0.39 is 55.9 Å². The topological polar surface area (TPSA) is 57.2 Å². The first-order valence-electron chi connectivity index (χ1n) is 18.8. The van der Waals surface area contributed by atoms with Gasteiger partial charge in [0.15, 0.2) is 0 Å². The number of amides is 1. The number of hydrogen-bond acceptors (Lipinski definition) is 5. The predicted octanol–water partition coefficient (Wildman–Crippen LogP) is 4.97. The molecule has 1 amide bonds. The summed E-state index contributed by atoms with van der Waals surface area (Å²) in [5.74, 6) is -2.93. The van der Waals surface area contributed by atoms with Crippen molar-refractivity contribution >= 4 is 17.4 Å². The molecular formula is C33H36F2N4O2. The van der Waals surface area contributed by atoms with E-state index in [-0.39, 0.29) is 47.1 Å². The normalized spacial score (nSPS) is 27.0. The molecule has 3 aliphatic heterocycles. The number of nitrogens with zero attached hydrogens (tertiary/aromatic N) is 3. The number of fused-ring (bicyclic) bond motifs is 1. The molecule has 0 bridgehead atoms. The average molecular weight is 570 g/mol. The van der Waals surface area contributed by atoms with E-state index in [4.69, 9.17) is 19.8 Å². The summed E-state index contributed by atoms with van der Waals surface area (Å²) in [7, 11) is 0.979. The number of aliphatic imine (C=N–C) groups is 1. The van der Waals surface area contributed by atoms with E-state index in [0.717, 1.165) is 19.2 Å². The lowest BCUT2D eigenvalue weighted by atomic mass is 9.89. The first-order valence-corrected chi connectivity index (χ1v) is 13.3. The van der Waals surface area contributed by atoms with Crippen LogP contribution >= 0.6 is 0 Å². The Kier molecular flexibility index (Phi) is 5.12. The van der Waals surface area contributed by atoms with Crippen LogP contribution in [-0.2, 0) is 24.1 Å². The molecule has 41 heavy (non-hydrogen) atoms. The van der Waals surface area contributed by atoms with E-state index in [1.54, 1.807) is 6.07 Å². The molecule has 2 saturated heterocycles. The van der Waals surface area contributed by atoms with Crippen molar-refractivity contribution in [2.75, 3.05) is 51.1 Å². The van der Waals surface area contributed by atoms with Crippen molar-refractivity contribution in [3.8, 4) is 0 Å². The van der Waals surface area contributed by atoms with Crippen molar-refractivity contribution in [1.29, 1.82) is 0 Å². The summed E-state index contributed by atoms with van der Waals surface area (Å²) in [5.41, 5.74) is 1.03. The lowest BCUT2D eigenvalue weighted by Crippen LogP contribution is -2.44. The third-order valence-corrected chi connectivity index (χ3v) is 7.20. The van der Waals surface area contributed by atoms with Crippen molar-refractivity contribution in [3.63, 3.8) is 0 Å². The minimum Gasteiger partial charge on any atom is -0.381 e. The van der Waals surface area contributed by atoms with Gasteiger partial charge in [-0.3, -0.25) is 9.79 Å². The van der Waals surface area contributed by atoms with Crippen LogP contribution in [0.25, 0.3) is 0 Å². The van der Waals surface area contributed by atoms with E-state index in [9.17, 15) is 13.6 Å². The molecule has 3 heterocycles. The number of nitrogens with one attached hydrogen (secondary N) is 1. The van der Waals surface area contributed by atoms with Crippen LogP contribution in [0.2, 0.25) is 0 Å². The van der Waals surface area contributed by atoms with Crippen LogP contribution in [0.5, 0.6) is 0 Å². The number of halogens is 2. The molecule has 2 fully saturated rings. The standard InChI is InChI=1S/C33H36F2N4O2/c1-38-8-10-39(11-9-38)29-4-5-30(26(19-29)15-22-6-12-41-13-7-22)33(40)37-32-31-18-23(2-3-25(31)21-36-32)14-24-16-27(34)20-28(35)17-24/h2-5,16-20,22H,6-15,21H2,1H3,(H,36,37,40)/i8D2,9D2,10D2,11D2,14D2,20D. The number of rotatable bonds is 6. The molecule has 3 aromatic carbocycles. The zero-order valence-corrected chi connectivity index (χ0v) is 22.4. The van der Waals surface area contributed by atoms with Gasteiger partial charge in [0.2, 0.25) is 0 Å². The fraction of sp³-hybridized carbons (Fsp3) is 0.394. The highest BCUT2D eigenvalue weighted by molar-refractivity contribution is 6.14. The van der Waals surface area contributed by atoms with Crippen LogP contribution in [0, 0.1) is 17.6 Å². The van der Waals surface area contributed by atoms with Gasteiger partial charge in [-0.1, -0.05) is 12.1 Å². The van der Waals surface area contributed by atoms with Crippen LogP contribution in [-0.4, -0.2) is 62.9 Å². The Hall–Kier alpha value is -3.62. The molecule has 0 saturated carbocycles. The summed E-state index contributed by atoms with van der Waals surface area (Å²) in [6.07, 6.45) is -0.804. The van der Waals surface area contributed by atoms with Gasteiger partial charge in [0.1, 0.15) is 17.5 Å². The largest absolute Gasteiger partial charge is 0.381 e. The third kappa shape index (κ3) is 6.49. The van der Waals surface area contributed by atoms with Gasteiger partial charge in [0.25, 0.3) is 5.91 Å². The maximum absolute atomic E-state index is 14.2. The fourth-order valence-electron chi connectivity index (χ4n) is 5.09. The zero-order valence-electron chi connectivity index (χ0n) is 33.4. The Bertz CT molecular complexity index is 1900. The fourth-order valence-corrected chi connectivity index (χ4v) is 5.09. The number of piperazine rings is 1. The number of likely N-dealkylation sites (N-methyl/N-ethyl adjacent to an activating group) is 1. The quantitative estimate of drug-likeness (QED) is 0.456. The lowest BCUT2D eigenvalue weighted by molar-refractivity contribution is 0.0664. The molecule has 0 aromatic heterocycles. The molecule has 0 spiro atoms. The van der Waals surface area contributed by atoms with Crippen molar-refractivity contribution < 1.29 is 33.4 Å². The maximum atomic E-state index is 14.2. The van der Waals surface area contributed by atoms with E-state index in [1.165, 1.54) is 30.3 Å². The van der Waals surface area contributed by atoms with Gasteiger partial charge in [-0.05, 0) is 97.3 Å². The molecule has 0 aliphatic carbocycles. The number of anilines is 1. The van der Waals surface area contributed by atoms with Crippen molar-refractivity contribution in [3.05, 3.63) is 99.6 Å². The molecule has 6 rings (SSSR count). The Labute approximate surface area is 255 Å². The highest BCUT2D eigenvalue weighted by Crippen LogP contribution is 2.28. The van der Waals surface area contributed by atoms with Crippen molar-refractivity contribution in [1.82, 2.24) is 10.2 Å². The first-order chi connectivity index (χ1) is 24.1. The molecule has 1 N–H and O–H groups in total. The Morgan fingerprint density at radius 1 is 1.07 bits per heavy atom. The molecular weight excluding hydrogens is 522 g/mol. The second-order valence-electron chi connectivity index (χ2n) is 10.1. The summed E-state index contributed by atoms with van der Waals surface area (Å²) in [6, 6.07) is 9.00. The summed E-state index contributed by atoms with van der Waals surface area (Å²) in [4.78, 5) is 19.3.